The number of carbonyl (C=O) groups is 1. The van der Waals surface area contributed by atoms with Gasteiger partial charge in [-0.05, 0) is 42.5 Å². The first-order valence-corrected chi connectivity index (χ1v) is 7.98. The van der Waals surface area contributed by atoms with Gasteiger partial charge in [0, 0.05) is 31.9 Å². The number of rotatable bonds is 4. The van der Waals surface area contributed by atoms with E-state index >= 15 is 0 Å². The van der Waals surface area contributed by atoms with Gasteiger partial charge in [-0.15, -0.1) is 0 Å². The Morgan fingerprint density at radius 2 is 2.05 bits per heavy atom. The van der Waals surface area contributed by atoms with Crippen LogP contribution in [0.2, 0.25) is 0 Å². The smallest absolute Gasteiger partial charge is 0.229 e. The highest BCUT2D eigenvalue weighted by Gasteiger charge is 2.28. The van der Waals surface area contributed by atoms with Gasteiger partial charge in [-0.3, -0.25) is 9.78 Å². The first kappa shape index (κ1) is 14.8. The van der Waals surface area contributed by atoms with Gasteiger partial charge < -0.3 is 4.90 Å². The van der Waals surface area contributed by atoms with E-state index in [2.05, 4.69) is 23.2 Å². The van der Waals surface area contributed by atoms with E-state index in [1.54, 1.807) is 6.20 Å². The summed E-state index contributed by atoms with van der Waals surface area (Å²) in [6, 6.07) is 14.3. The van der Waals surface area contributed by atoms with Gasteiger partial charge in [0.25, 0.3) is 0 Å². The monoisotopic (exact) mass is 294 g/mol. The average Bonchev–Trinajstić information content (AvgIpc) is 2.59. The number of aryl methyl sites for hydroxylation is 1. The Kier molecular flexibility index (Phi) is 4.52. The van der Waals surface area contributed by atoms with Crippen molar-refractivity contribution in [3.05, 3.63) is 65.5 Å². The lowest BCUT2D eigenvalue weighted by Crippen LogP contribution is -2.34. The summed E-state index contributed by atoms with van der Waals surface area (Å²) in [7, 11) is 1.91. The number of amides is 1. The molecule has 0 bridgehead atoms. The summed E-state index contributed by atoms with van der Waals surface area (Å²) in [5, 5.41) is 0. The van der Waals surface area contributed by atoms with Gasteiger partial charge in [0.2, 0.25) is 5.91 Å². The van der Waals surface area contributed by atoms with E-state index < -0.39 is 0 Å². The molecule has 1 aliphatic rings. The summed E-state index contributed by atoms with van der Waals surface area (Å²) in [6.07, 6.45) is 5.76. The van der Waals surface area contributed by atoms with E-state index in [9.17, 15) is 4.79 Å². The largest absolute Gasteiger partial charge is 0.345 e. The van der Waals surface area contributed by atoms with Crippen LogP contribution in [-0.2, 0) is 17.6 Å². The van der Waals surface area contributed by atoms with Gasteiger partial charge in [-0.2, -0.15) is 0 Å². The first-order chi connectivity index (χ1) is 10.8. The lowest BCUT2D eigenvalue weighted by Gasteiger charge is -2.28. The molecule has 1 aromatic heterocycles. The van der Waals surface area contributed by atoms with Crippen LogP contribution in [-0.4, -0.2) is 29.4 Å². The van der Waals surface area contributed by atoms with Crippen molar-refractivity contribution in [2.24, 2.45) is 0 Å². The molecule has 114 valence electrons. The minimum absolute atomic E-state index is 0.0266. The van der Waals surface area contributed by atoms with Crippen LogP contribution in [0.4, 0.5) is 0 Å². The number of nitrogens with zero attached hydrogens (tertiary/aromatic N) is 2. The Morgan fingerprint density at radius 3 is 2.86 bits per heavy atom. The van der Waals surface area contributed by atoms with Crippen LogP contribution in [0.1, 0.15) is 35.6 Å². The molecule has 1 amide bonds. The number of aromatic nitrogens is 1. The molecule has 0 aliphatic heterocycles. The van der Waals surface area contributed by atoms with Crippen molar-refractivity contribution in [2.75, 3.05) is 13.6 Å². The van der Waals surface area contributed by atoms with Gasteiger partial charge >= 0.3 is 0 Å². The molecule has 0 radical (unpaired) electrons. The number of carbonyl (C=O) groups excluding carboxylic acids is 1. The molecular formula is C19H22N2O. The highest BCUT2D eigenvalue weighted by atomic mass is 16.2. The molecule has 3 rings (SSSR count). The molecule has 0 saturated heterocycles. The predicted molar refractivity (Wildman–Crippen MR) is 87.7 cm³/mol. The molecular weight excluding hydrogens is 272 g/mol. The maximum atomic E-state index is 12.8. The molecule has 1 aliphatic carbocycles. The third-order valence-electron chi connectivity index (χ3n) is 4.47. The Bertz CT molecular complexity index is 639. The fraction of sp³-hybridized carbons (Fsp3) is 0.368. The van der Waals surface area contributed by atoms with Crippen molar-refractivity contribution in [3.63, 3.8) is 0 Å². The zero-order valence-corrected chi connectivity index (χ0v) is 13.0. The van der Waals surface area contributed by atoms with E-state index in [1.165, 1.54) is 11.1 Å². The SMILES string of the molecule is CN(CCc1ccccn1)C(=O)C1CCCc2ccccc21. The fourth-order valence-electron chi connectivity index (χ4n) is 3.21. The number of likely N-dealkylation sites (N-methyl/N-ethyl adjacent to an activating group) is 1. The minimum atomic E-state index is 0.0266. The van der Waals surface area contributed by atoms with Crippen molar-refractivity contribution in [1.82, 2.24) is 9.88 Å². The van der Waals surface area contributed by atoms with E-state index in [4.69, 9.17) is 0 Å². The topological polar surface area (TPSA) is 33.2 Å². The summed E-state index contributed by atoms with van der Waals surface area (Å²) in [6.45, 7) is 0.717. The molecule has 0 spiro atoms. The van der Waals surface area contributed by atoms with Gasteiger partial charge in [0.1, 0.15) is 0 Å². The molecule has 1 aromatic carbocycles. The summed E-state index contributed by atoms with van der Waals surface area (Å²) < 4.78 is 0. The Morgan fingerprint density at radius 1 is 1.23 bits per heavy atom. The maximum absolute atomic E-state index is 12.8. The van der Waals surface area contributed by atoms with Crippen LogP contribution < -0.4 is 0 Å². The number of fused-ring (bicyclic) bond motifs is 1. The Labute approximate surface area is 132 Å². The lowest BCUT2D eigenvalue weighted by atomic mass is 9.82. The highest BCUT2D eigenvalue weighted by Crippen LogP contribution is 2.32. The van der Waals surface area contributed by atoms with Crippen molar-refractivity contribution < 1.29 is 4.79 Å². The average molecular weight is 294 g/mol. The summed E-state index contributed by atoms with van der Waals surface area (Å²) in [4.78, 5) is 19.0. The van der Waals surface area contributed by atoms with Gasteiger partial charge in [0.05, 0.1) is 5.92 Å². The second-order valence-electron chi connectivity index (χ2n) is 5.97. The third-order valence-corrected chi connectivity index (χ3v) is 4.47. The van der Waals surface area contributed by atoms with Crippen molar-refractivity contribution >= 4 is 5.91 Å². The van der Waals surface area contributed by atoms with Crippen LogP contribution in [0.25, 0.3) is 0 Å². The van der Waals surface area contributed by atoms with Crippen molar-refractivity contribution in [3.8, 4) is 0 Å². The summed E-state index contributed by atoms with van der Waals surface area (Å²) >= 11 is 0. The predicted octanol–water partition coefficient (Wildman–Crippen LogP) is 3.20. The lowest BCUT2D eigenvalue weighted by molar-refractivity contribution is -0.131. The third kappa shape index (κ3) is 3.19. The van der Waals surface area contributed by atoms with Crippen LogP contribution >= 0.6 is 0 Å². The molecule has 0 fully saturated rings. The molecule has 3 heteroatoms. The van der Waals surface area contributed by atoms with E-state index in [0.29, 0.717) is 6.54 Å². The molecule has 1 heterocycles. The number of hydrogen-bond acceptors (Lipinski definition) is 2. The second-order valence-corrected chi connectivity index (χ2v) is 5.97. The van der Waals surface area contributed by atoms with Crippen LogP contribution in [0.5, 0.6) is 0 Å². The Balaban J connectivity index is 1.66. The molecule has 3 nitrogen and oxygen atoms in total. The van der Waals surface area contributed by atoms with Gasteiger partial charge in [-0.25, -0.2) is 0 Å². The van der Waals surface area contributed by atoms with Crippen LogP contribution in [0.15, 0.2) is 48.7 Å². The summed E-state index contributed by atoms with van der Waals surface area (Å²) in [5.74, 6) is 0.266. The quantitative estimate of drug-likeness (QED) is 0.867. The Hall–Kier alpha value is -2.16. The fourth-order valence-corrected chi connectivity index (χ4v) is 3.21. The molecule has 0 N–H and O–H groups in total. The highest BCUT2D eigenvalue weighted by molar-refractivity contribution is 5.84. The van der Waals surface area contributed by atoms with Gasteiger partial charge in [0.15, 0.2) is 0 Å². The molecule has 1 unspecified atom stereocenters. The number of benzene rings is 1. The molecule has 22 heavy (non-hydrogen) atoms. The van der Waals surface area contributed by atoms with Crippen molar-refractivity contribution in [2.45, 2.75) is 31.6 Å². The molecule has 0 saturated carbocycles. The standard InChI is InChI=1S/C19H22N2O/c1-21(14-12-16-9-4-5-13-20-16)19(22)18-11-6-8-15-7-2-3-10-17(15)18/h2-5,7,9-10,13,18H,6,8,11-12,14H2,1H3. The minimum Gasteiger partial charge on any atom is -0.345 e. The zero-order valence-electron chi connectivity index (χ0n) is 13.0. The number of pyridine rings is 1. The van der Waals surface area contributed by atoms with Gasteiger partial charge in [-0.1, -0.05) is 30.3 Å². The van der Waals surface area contributed by atoms with Crippen LogP contribution in [0.3, 0.4) is 0 Å². The second kappa shape index (κ2) is 6.73. The summed E-state index contributed by atoms with van der Waals surface area (Å²) in [5.41, 5.74) is 3.60. The molecule has 1 atom stereocenters. The first-order valence-electron chi connectivity index (χ1n) is 7.98. The normalized spacial score (nSPS) is 16.9. The van der Waals surface area contributed by atoms with Crippen molar-refractivity contribution in [1.29, 1.82) is 0 Å². The maximum Gasteiger partial charge on any atom is 0.229 e. The van der Waals surface area contributed by atoms with Crippen LogP contribution in [0, 0.1) is 0 Å². The number of hydrogen-bond donors (Lipinski definition) is 0. The molecule has 2 aromatic rings. The van der Waals surface area contributed by atoms with E-state index in [1.807, 2.05) is 36.2 Å². The van der Waals surface area contributed by atoms with E-state index in [-0.39, 0.29) is 11.8 Å². The zero-order chi connectivity index (χ0) is 15.4. The van der Waals surface area contributed by atoms with E-state index in [0.717, 1.165) is 31.4 Å².